The quantitative estimate of drug-likeness (QED) is 0.592. The van der Waals surface area contributed by atoms with Crippen LogP contribution in [0.2, 0.25) is 0 Å². The van der Waals surface area contributed by atoms with E-state index in [1.807, 2.05) is 12.1 Å². The van der Waals surface area contributed by atoms with Gasteiger partial charge in [-0.1, -0.05) is 57.2 Å². The first-order valence-electron chi connectivity index (χ1n) is 8.72. The van der Waals surface area contributed by atoms with Crippen molar-refractivity contribution >= 4 is 21.9 Å². The zero-order valence-corrected chi connectivity index (χ0v) is 15.3. The highest BCUT2D eigenvalue weighted by atomic mass is 16.1. The fourth-order valence-electron chi connectivity index (χ4n) is 3.69. The van der Waals surface area contributed by atoms with E-state index in [2.05, 4.69) is 65.2 Å². The largest absolute Gasteiger partial charge is 0.313 e. The number of nitrogens with zero attached hydrogens (tertiary/aromatic N) is 3. The molecular weight excluding hydrogens is 326 g/mol. The summed E-state index contributed by atoms with van der Waals surface area (Å²) in [6, 6.07) is 9.99. The highest BCUT2D eigenvalue weighted by molar-refractivity contribution is 5.86. The molecule has 0 fully saturated rings. The lowest BCUT2D eigenvalue weighted by Crippen LogP contribution is -2.21. The van der Waals surface area contributed by atoms with Gasteiger partial charge in [0.2, 0.25) is 0 Å². The molecule has 132 valence electrons. The van der Waals surface area contributed by atoms with Crippen LogP contribution < -0.4 is 5.56 Å². The van der Waals surface area contributed by atoms with Crippen LogP contribution in [0.15, 0.2) is 41.5 Å². The molecule has 26 heavy (non-hydrogen) atoms. The summed E-state index contributed by atoms with van der Waals surface area (Å²) in [4.78, 5) is 19.3. The number of benzene rings is 2. The van der Waals surface area contributed by atoms with E-state index in [0.29, 0.717) is 11.3 Å². The number of nitrogens with one attached hydrogen (secondary N) is 2. The SMILES string of the molecule is CC(C)c1ccc(C(C)(C)c2cccc3c(=O)[nH]cnc23)c2[nH]nnc12. The van der Waals surface area contributed by atoms with Crippen molar-refractivity contribution < 1.29 is 0 Å². The molecule has 0 saturated heterocycles. The van der Waals surface area contributed by atoms with Gasteiger partial charge in [0.15, 0.2) is 0 Å². The van der Waals surface area contributed by atoms with Gasteiger partial charge < -0.3 is 4.98 Å². The lowest BCUT2D eigenvalue weighted by molar-refractivity contribution is 0.649. The van der Waals surface area contributed by atoms with Crippen LogP contribution in [0.5, 0.6) is 0 Å². The lowest BCUT2D eigenvalue weighted by Gasteiger charge is -2.27. The zero-order chi connectivity index (χ0) is 18.5. The predicted octanol–water partition coefficient (Wildman–Crippen LogP) is 3.64. The summed E-state index contributed by atoms with van der Waals surface area (Å²) in [5, 5.41) is 12.0. The van der Waals surface area contributed by atoms with E-state index < -0.39 is 0 Å². The first-order chi connectivity index (χ1) is 12.4. The van der Waals surface area contributed by atoms with Crippen LogP contribution in [-0.2, 0) is 5.41 Å². The molecular formula is C20H21N5O. The predicted molar refractivity (Wildman–Crippen MR) is 102 cm³/mol. The first kappa shape index (κ1) is 16.4. The van der Waals surface area contributed by atoms with Gasteiger partial charge in [0.1, 0.15) is 5.52 Å². The number of fused-ring (bicyclic) bond motifs is 2. The molecule has 2 N–H and O–H groups in total. The fourth-order valence-corrected chi connectivity index (χ4v) is 3.69. The number of hydrogen-bond acceptors (Lipinski definition) is 4. The number of H-pyrrole nitrogens is 2. The second-order valence-corrected chi connectivity index (χ2v) is 7.45. The number of para-hydroxylation sites is 1. The summed E-state index contributed by atoms with van der Waals surface area (Å²) in [7, 11) is 0. The maximum absolute atomic E-state index is 12.2. The molecule has 0 atom stereocenters. The van der Waals surface area contributed by atoms with Crippen molar-refractivity contribution in [3.8, 4) is 0 Å². The average molecular weight is 347 g/mol. The van der Waals surface area contributed by atoms with Gasteiger partial charge in [0, 0.05) is 5.41 Å². The Morgan fingerprint density at radius 2 is 1.85 bits per heavy atom. The summed E-state index contributed by atoms with van der Waals surface area (Å²) < 4.78 is 0. The van der Waals surface area contributed by atoms with Crippen LogP contribution >= 0.6 is 0 Å². The Bertz CT molecular complexity index is 1170. The van der Waals surface area contributed by atoms with E-state index in [9.17, 15) is 4.79 Å². The van der Waals surface area contributed by atoms with E-state index >= 15 is 0 Å². The minimum absolute atomic E-state index is 0.129. The van der Waals surface area contributed by atoms with Crippen molar-refractivity contribution in [1.29, 1.82) is 0 Å². The second kappa shape index (κ2) is 5.76. The van der Waals surface area contributed by atoms with Gasteiger partial charge in [-0.15, -0.1) is 5.10 Å². The van der Waals surface area contributed by atoms with Gasteiger partial charge in [-0.2, -0.15) is 0 Å². The normalized spacial score (nSPS) is 12.3. The Morgan fingerprint density at radius 1 is 1.04 bits per heavy atom. The van der Waals surface area contributed by atoms with E-state index in [1.165, 1.54) is 11.9 Å². The molecule has 0 saturated carbocycles. The minimum Gasteiger partial charge on any atom is -0.313 e. The van der Waals surface area contributed by atoms with Crippen molar-refractivity contribution in [3.05, 3.63) is 63.7 Å². The third kappa shape index (κ3) is 2.33. The Hall–Kier alpha value is -3.02. The maximum atomic E-state index is 12.2. The highest BCUT2D eigenvalue weighted by Crippen LogP contribution is 2.38. The molecule has 6 heteroatoms. The van der Waals surface area contributed by atoms with Gasteiger partial charge in [-0.3, -0.25) is 9.89 Å². The molecule has 6 nitrogen and oxygen atoms in total. The van der Waals surface area contributed by atoms with Crippen molar-refractivity contribution in [2.24, 2.45) is 0 Å². The molecule has 0 aliphatic rings. The fraction of sp³-hybridized carbons (Fsp3) is 0.300. The molecule has 0 aliphatic carbocycles. The summed E-state index contributed by atoms with van der Waals surface area (Å²) in [6.45, 7) is 8.56. The van der Waals surface area contributed by atoms with Crippen LogP contribution in [0, 0.1) is 0 Å². The smallest absolute Gasteiger partial charge is 0.258 e. The summed E-state index contributed by atoms with van der Waals surface area (Å²) in [6.07, 6.45) is 1.46. The van der Waals surface area contributed by atoms with E-state index in [4.69, 9.17) is 0 Å². The summed E-state index contributed by atoms with van der Waals surface area (Å²) in [5.74, 6) is 0.359. The van der Waals surface area contributed by atoms with Gasteiger partial charge >= 0.3 is 0 Å². The molecule has 0 unspecified atom stereocenters. The van der Waals surface area contributed by atoms with Crippen LogP contribution in [-0.4, -0.2) is 25.4 Å². The van der Waals surface area contributed by atoms with Crippen LogP contribution in [0.4, 0.5) is 0 Å². The molecule has 4 aromatic rings. The molecule has 0 amide bonds. The van der Waals surface area contributed by atoms with E-state index in [1.54, 1.807) is 6.07 Å². The molecule has 2 aromatic carbocycles. The standard InChI is InChI=1S/C20H21N5O/c1-11(2)12-8-9-15(18-17(12)23-25-24-18)20(3,4)14-7-5-6-13-16(14)21-10-22-19(13)26/h5-11H,1-4H3,(H,21,22,26)(H,23,24,25). The maximum Gasteiger partial charge on any atom is 0.258 e. The molecule has 2 aromatic heterocycles. The Labute approximate surface area is 150 Å². The Kier molecular flexibility index (Phi) is 3.64. The van der Waals surface area contributed by atoms with Crippen LogP contribution in [0.1, 0.15) is 50.3 Å². The minimum atomic E-state index is -0.387. The molecule has 4 rings (SSSR count). The molecule has 0 radical (unpaired) electrons. The number of rotatable bonds is 3. The Morgan fingerprint density at radius 3 is 2.62 bits per heavy atom. The lowest BCUT2D eigenvalue weighted by atomic mass is 9.76. The number of hydrogen-bond donors (Lipinski definition) is 2. The molecule has 0 spiro atoms. The summed E-state index contributed by atoms with van der Waals surface area (Å²) in [5.41, 5.74) is 5.28. The van der Waals surface area contributed by atoms with Gasteiger partial charge in [0.25, 0.3) is 5.56 Å². The molecule has 0 bridgehead atoms. The van der Waals surface area contributed by atoms with Gasteiger partial charge in [0.05, 0.1) is 22.7 Å². The number of aromatic amines is 2. The zero-order valence-electron chi connectivity index (χ0n) is 15.3. The third-order valence-corrected chi connectivity index (χ3v) is 5.16. The highest BCUT2D eigenvalue weighted by Gasteiger charge is 2.29. The monoisotopic (exact) mass is 347 g/mol. The van der Waals surface area contributed by atoms with E-state index in [-0.39, 0.29) is 11.0 Å². The van der Waals surface area contributed by atoms with Crippen LogP contribution in [0.3, 0.4) is 0 Å². The van der Waals surface area contributed by atoms with Gasteiger partial charge in [-0.25, -0.2) is 4.98 Å². The Balaban J connectivity index is 2.01. The average Bonchev–Trinajstić information content (AvgIpc) is 3.10. The topological polar surface area (TPSA) is 87.3 Å². The van der Waals surface area contributed by atoms with Crippen molar-refractivity contribution in [3.63, 3.8) is 0 Å². The number of aromatic nitrogens is 5. The molecule has 2 heterocycles. The van der Waals surface area contributed by atoms with Crippen molar-refractivity contribution in [2.75, 3.05) is 0 Å². The van der Waals surface area contributed by atoms with Crippen LogP contribution in [0.25, 0.3) is 21.9 Å². The first-order valence-corrected chi connectivity index (χ1v) is 8.72. The molecule has 0 aliphatic heterocycles. The van der Waals surface area contributed by atoms with E-state index in [0.717, 1.165) is 27.7 Å². The van der Waals surface area contributed by atoms with Gasteiger partial charge in [-0.05, 0) is 28.7 Å². The second-order valence-electron chi connectivity index (χ2n) is 7.45. The summed E-state index contributed by atoms with van der Waals surface area (Å²) >= 11 is 0. The van der Waals surface area contributed by atoms with Crippen molar-refractivity contribution in [1.82, 2.24) is 25.4 Å². The third-order valence-electron chi connectivity index (χ3n) is 5.16. The van der Waals surface area contributed by atoms with Crippen molar-refractivity contribution in [2.45, 2.75) is 39.0 Å².